The van der Waals surface area contributed by atoms with Crippen molar-refractivity contribution in [2.45, 2.75) is 13.5 Å². The smallest absolute Gasteiger partial charge is 0.393 e. The predicted molar refractivity (Wildman–Crippen MR) is 61.2 cm³/mol. The Bertz CT molecular complexity index is 360. The number of methoxy groups -OCH3 is 1. The third kappa shape index (κ3) is 3.73. The molecule has 0 atom stereocenters. The van der Waals surface area contributed by atoms with Gasteiger partial charge in [-0.15, -0.1) is 0 Å². The molecule has 0 heterocycles. The van der Waals surface area contributed by atoms with Crippen molar-refractivity contribution >= 4 is 11.9 Å². The van der Waals surface area contributed by atoms with Crippen LogP contribution in [-0.2, 0) is 20.8 Å². The molecule has 0 N–H and O–H groups in total. The van der Waals surface area contributed by atoms with E-state index < -0.39 is 5.97 Å². The highest BCUT2D eigenvalue weighted by molar-refractivity contribution is 6.32. The van der Waals surface area contributed by atoms with Gasteiger partial charge in [0.2, 0.25) is 0 Å². The lowest BCUT2D eigenvalue weighted by atomic mass is 10.2. The van der Waals surface area contributed by atoms with E-state index >= 15 is 0 Å². The molecule has 0 saturated carbocycles. The second-order valence-corrected chi connectivity index (χ2v) is 3.03. The topological polar surface area (TPSA) is 47.9 Å². The number of benzene rings is 1. The summed E-state index contributed by atoms with van der Waals surface area (Å²) in [7, 11) is 1.30. The summed E-state index contributed by atoms with van der Waals surface area (Å²) >= 11 is 0. The van der Waals surface area contributed by atoms with Crippen molar-refractivity contribution in [3.63, 3.8) is 0 Å². The van der Waals surface area contributed by atoms with Gasteiger partial charge in [-0.25, -0.2) is 9.79 Å². The maximum atomic E-state index is 11.2. The van der Waals surface area contributed by atoms with Crippen molar-refractivity contribution < 1.29 is 14.3 Å². The average molecular weight is 221 g/mol. The Hall–Kier alpha value is -1.84. The van der Waals surface area contributed by atoms with Gasteiger partial charge in [0.15, 0.2) is 0 Å². The Balaban J connectivity index is 2.68. The van der Waals surface area contributed by atoms with Crippen LogP contribution in [0.25, 0.3) is 0 Å². The second-order valence-electron chi connectivity index (χ2n) is 3.03. The largest absolute Gasteiger partial charge is 0.473 e. The number of hydrogen-bond acceptors (Lipinski definition) is 4. The van der Waals surface area contributed by atoms with E-state index in [1.165, 1.54) is 7.11 Å². The van der Waals surface area contributed by atoms with Gasteiger partial charge in [0, 0.05) is 0 Å². The highest BCUT2D eigenvalue weighted by Gasteiger charge is 2.11. The van der Waals surface area contributed by atoms with E-state index in [-0.39, 0.29) is 5.90 Å². The summed E-state index contributed by atoms with van der Waals surface area (Å²) in [5, 5.41) is 0. The van der Waals surface area contributed by atoms with Crippen LogP contribution < -0.4 is 0 Å². The number of ether oxygens (including phenoxy) is 2. The van der Waals surface area contributed by atoms with Gasteiger partial charge < -0.3 is 9.47 Å². The number of nitrogens with zero attached hydrogens (tertiary/aromatic N) is 1. The number of aliphatic imine (C=N–C) groups is 1. The van der Waals surface area contributed by atoms with Crippen molar-refractivity contribution in [2.24, 2.45) is 4.99 Å². The van der Waals surface area contributed by atoms with Gasteiger partial charge in [-0.3, -0.25) is 0 Å². The summed E-state index contributed by atoms with van der Waals surface area (Å²) < 4.78 is 9.65. The maximum absolute atomic E-state index is 11.2. The number of carbonyl (C=O) groups is 1. The zero-order chi connectivity index (χ0) is 11.8. The van der Waals surface area contributed by atoms with Gasteiger partial charge in [0.25, 0.3) is 5.90 Å². The predicted octanol–water partition coefficient (Wildman–Crippen LogP) is 1.79. The Morgan fingerprint density at radius 3 is 2.56 bits per heavy atom. The van der Waals surface area contributed by atoms with E-state index in [9.17, 15) is 4.79 Å². The van der Waals surface area contributed by atoms with Crippen molar-refractivity contribution in [3.8, 4) is 0 Å². The van der Waals surface area contributed by atoms with Crippen LogP contribution in [0.3, 0.4) is 0 Å². The molecule has 0 unspecified atom stereocenters. The molecular weight excluding hydrogens is 206 g/mol. The van der Waals surface area contributed by atoms with Gasteiger partial charge in [-0.2, -0.15) is 0 Å². The van der Waals surface area contributed by atoms with Crippen LogP contribution in [0.4, 0.5) is 0 Å². The SMILES string of the molecule is CCOC(=NCc1ccccc1)C(=O)OC. The fourth-order valence-corrected chi connectivity index (χ4v) is 1.14. The van der Waals surface area contributed by atoms with Crippen molar-refractivity contribution in [2.75, 3.05) is 13.7 Å². The molecule has 0 bridgehead atoms. The molecule has 0 aliphatic rings. The molecule has 0 fully saturated rings. The Kier molecular flexibility index (Phi) is 5.05. The van der Waals surface area contributed by atoms with Gasteiger partial charge in [-0.05, 0) is 12.5 Å². The van der Waals surface area contributed by atoms with Crippen LogP contribution in [-0.4, -0.2) is 25.6 Å². The summed E-state index contributed by atoms with van der Waals surface area (Å²) in [6.45, 7) is 2.59. The highest BCUT2D eigenvalue weighted by atomic mass is 16.6. The molecule has 0 aliphatic heterocycles. The van der Waals surface area contributed by atoms with E-state index in [1.54, 1.807) is 6.92 Å². The van der Waals surface area contributed by atoms with Gasteiger partial charge in [0.05, 0.1) is 20.3 Å². The zero-order valence-corrected chi connectivity index (χ0v) is 9.47. The number of hydrogen-bond donors (Lipinski definition) is 0. The summed E-state index contributed by atoms with van der Waals surface area (Å²) in [6.07, 6.45) is 0. The number of esters is 1. The molecule has 16 heavy (non-hydrogen) atoms. The first kappa shape index (κ1) is 12.2. The molecule has 1 aromatic carbocycles. The van der Waals surface area contributed by atoms with Crippen LogP contribution >= 0.6 is 0 Å². The van der Waals surface area contributed by atoms with Crippen LogP contribution in [0, 0.1) is 0 Å². The number of rotatable bonds is 3. The van der Waals surface area contributed by atoms with Gasteiger partial charge >= 0.3 is 5.97 Å². The Morgan fingerprint density at radius 1 is 1.31 bits per heavy atom. The molecule has 0 aliphatic carbocycles. The van der Waals surface area contributed by atoms with E-state index in [1.807, 2.05) is 30.3 Å². The fourth-order valence-electron chi connectivity index (χ4n) is 1.14. The van der Waals surface area contributed by atoms with Crippen LogP contribution in [0.5, 0.6) is 0 Å². The molecule has 4 nitrogen and oxygen atoms in total. The second kappa shape index (κ2) is 6.61. The fraction of sp³-hybridized carbons (Fsp3) is 0.333. The lowest BCUT2D eigenvalue weighted by Gasteiger charge is -2.04. The van der Waals surface area contributed by atoms with Crippen LogP contribution in [0.15, 0.2) is 35.3 Å². The van der Waals surface area contributed by atoms with E-state index in [4.69, 9.17) is 4.74 Å². The summed E-state index contributed by atoms with van der Waals surface area (Å²) in [4.78, 5) is 15.3. The Morgan fingerprint density at radius 2 is 2.00 bits per heavy atom. The minimum absolute atomic E-state index is 0.0221. The molecule has 0 saturated heterocycles. The van der Waals surface area contributed by atoms with Gasteiger partial charge in [-0.1, -0.05) is 30.3 Å². The number of carbonyl (C=O) groups excluding carboxylic acids is 1. The first-order valence-corrected chi connectivity index (χ1v) is 5.07. The van der Waals surface area contributed by atoms with Crippen molar-refractivity contribution in [1.29, 1.82) is 0 Å². The Labute approximate surface area is 94.9 Å². The minimum Gasteiger partial charge on any atom is -0.473 e. The molecule has 0 aromatic heterocycles. The van der Waals surface area contributed by atoms with E-state index in [2.05, 4.69) is 9.73 Å². The summed E-state index contributed by atoms with van der Waals surface area (Å²) in [6, 6.07) is 9.64. The molecular formula is C12H15NO3. The highest BCUT2D eigenvalue weighted by Crippen LogP contribution is 2.01. The monoisotopic (exact) mass is 221 g/mol. The molecule has 0 spiro atoms. The lowest BCUT2D eigenvalue weighted by Crippen LogP contribution is -2.19. The van der Waals surface area contributed by atoms with Gasteiger partial charge in [0.1, 0.15) is 0 Å². The van der Waals surface area contributed by atoms with Crippen molar-refractivity contribution in [3.05, 3.63) is 35.9 Å². The van der Waals surface area contributed by atoms with E-state index in [0.29, 0.717) is 13.2 Å². The molecule has 0 amide bonds. The molecule has 0 radical (unpaired) electrons. The molecule has 1 aromatic rings. The average Bonchev–Trinajstić information content (AvgIpc) is 2.34. The first-order valence-electron chi connectivity index (χ1n) is 5.07. The standard InChI is InChI=1S/C12H15NO3/c1-3-16-11(12(14)15-2)13-9-10-7-5-4-6-8-10/h4-8H,3,9H2,1-2H3. The maximum Gasteiger partial charge on any atom is 0.393 e. The quantitative estimate of drug-likeness (QED) is 0.444. The molecule has 4 heteroatoms. The summed E-state index contributed by atoms with van der Waals surface area (Å²) in [5.41, 5.74) is 1.02. The van der Waals surface area contributed by atoms with Crippen LogP contribution in [0.2, 0.25) is 0 Å². The van der Waals surface area contributed by atoms with E-state index in [0.717, 1.165) is 5.56 Å². The van der Waals surface area contributed by atoms with Crippen LogP contribution in [0.1, 0.15) is 12.5 Å². The third-order valence-corrected chi connectivity index (χ3v) is 1.89. The summed E-state index contributed by atoms with van der Waals surface area (Å²) in [5.74, 6) is -0.522. The lowest BCUT2D eigenvalue weighted by molar-refractivity contribution is -0.134. The normalized spacial score (nSPS) is 11.0. The third-order valence-electron chi connectivity index (χ3n) is 1.89. The minimum atomic E-state index is -0.544. The zero-order valence-electron chi connectivity index (χ0n) is 9.47. The van der Waals surface area contributed by atoms with Crippen molar-refractivity contribution in [1.82, 2.24) is 0 Å². The first-order chi connectivity index (χ1) is 7.77. The molecule has 86 valence electrons. The molecule has 1 rings (SSSR count).